The summed E-state index contributed by atoms with van der Waals surface area (Å²) in [5.41, 5.74) is 3.95. The zero-order valence-electron chi connectivity index (χ0n) is 15.9. The Labute approximate surface area is 165 Å². The van der Waals surface area contributed by atoms with Crippen LogP contribution in [-0.2, 0) is 16.6 Å². The quantitative estimate of drug-likeness (QED) is 0.666. The molecule has 1 aliphatic heterocycles. The van der Waals surface area contributed by atoms with Crippen molar-refractivity contribution in [2.24, 2.45) is 0 Å². The number of anilines is 2. The van der Waals surface area contributed by atoms with Gasteiger partial charge in [0.2, 0.25) is 10.0 Å². The molecule has 0 radical (unpaired) electrons. The molecule has 0 atom stereocenters. The van der Waals surface area contributed by atoms with Crippen LogP contribution in [0, 0.1) is 0 Å². The summed E-state index contributed by atoms with van der Waals surface area (Å²) in [6.07, 6.45) is 3.86. The first-order valence-corrected chi connectivity index (χ1v) is 11.2. The van der Waals surface area contributed by atoms with E-state index in [1.165, 1.54) is 10.9 Å². The Bertz CT molecular complexity index is 1040. The number of benzene rings is 1. The summed E-state index contributed by atoms with van der Waals surface area (Å²) in [7, 11) is -3.24. The number of aromatic amines is 1. The maximum atomic E-state index is 11.7. The highest BCUT2D eigenvalue weighted by atomic mass is 32.2. The van der Waals surface area contributed by atoms with E-state index in [2.05, 4.69) is 36.8 Å². The molecule has 1 saturated heterocycles. The molecular formula is C20H25N5O2S. The molecule has 8 heteroatoms. The van der Waals surface area contributed by atoms with Gasteiger partial charge in [-0.25, -0.2) is 13.4 Å². The van der Waals surface area contributed by atoms with Crippen LogP contribution in [0.15, 0.2) is 48.8 Å². The van der Waals surface area contributed by atoms with Gasteiger partial charge < -0.3 is 9.88 Å². The number of piperazine rings is 1. The monoisotopic (exact) mass is 399 g/mol. The van der Waals surface area contributed by atoms with Gasteiger partial charge in [0, 0.05) is 61.9 Å². The summed E-state index contributed by atoms with van der Waals surface area (Å²) in [5.74, 6) is 0.0726. The number of pyridine rings is 1. The third kappa shape index (κ3) is 4.13. The topological polar surface area (TPSA) is 81.3 Å². The number of nitrogens with one attached hydrogen (secondary N) is 2. The van der Waals surface area contributed by atoms with Gasteiger partial charge in [-0.1, -0.05) is 0 Å². The summed E-state index contributed by atoms with van der Waals surface area (Å²) < 4.78 is 25.9. The van der Waals surface area contributed by atoms with Gasteiger partial charge in [-0.05, 0) is 48.9 Å². The fourth-order valence-corrected chi connectivity index (χ4v) is 4.18. The average Bonchev–Trinajstić information content (AvgIpc) is 3.12. The van der Waals surface area contributed by atoms with E-state index in [1.54, 1.807) is 13.1 Å². The number of nitrogens with zero attached hydrogens (tertiary/aromatic N) is 3. The molecule has 0 unspecified atom stereocenters. The third-order valence-electron chi connectivity index (χ3n) is 5.19. The lowest BCUT2D eigenvalue weighted by Gasteiger charge is -2.36. The maximum absolute atomic E-state index is 11.7. The maximum Gasteiger partial charge on any atom is 0.232 e. The van der Waals surface area contributed by atoms with Crippen molar-refractivity contribution in [1.29, 1.82) is 0 Å². The van der Waals surface area contributed by atoms with E-state index in [9.17, 15) is 8.42 Å². The van der Waals surface area contributed by atoms with Crippen LogP contribution < -0.4 is 9.62 Å². The first kappa shape index (κ1) is 18.8. The van der Waals surface area contributed by atoms with E-state index in [0.29, 0.717) is 5.69 Å². The predicted molar refractivity (Wildman–Crippen MR) is 113 cm³/mol. The van der Waals surface area contributed by atoms with Crippen molar-refractivity contribution in [3.8, 4) is 0 Å². The number of aromatic nitrogens is 2. The van der Waals surface area contributed by atoms with Crippen molar-refractivity contribution in [2.75, 3.05) is 41.6 Å². The SMILES string of the molecule is CCS(=O)(=O)Nc1ccc(N2CCN(Cc3c[nH]c4ncccc34)CC2)cc1. The summed E-state index contributed by atoms with van der Waals surface area (Å²) in [5, 5.41) is 1.19. The first-order valence-electron chi connectivity index (χ1n) is 9.53. The highest BCUT2D eigenvalue weighted by molar-refractivity contribution is 7.92. The van der Waals surface area contributed by atoms with Crippen LogP contribution in [0.4, 0.5) is 11.4 Å². The molecule has 4 rings (SSSR count). The van der Waals surface area contributed by atoms with Gasteiger partial charge >= 0.3 is 0 Å². The van der Waals surface area contributed by atoms with Gasteiger partial charge in [0.25, 0.3) is 0 Å². The minimum Gasteiger partial charge on any atom is -0.369 e. The molecule has 0 spiro atoms. The molecule has 3 aromatic rings. The largest absolute Gasteiger partial charge is 0.369 e. The third-order valence-corrected chi connectivity index (χ3v) is 6.50. The smallest absolute Gasteiger partial charge is 0.232 e. The molecule has 7 nitrogen and oxygen atoms in total. The van der Waals surface area contributed by atoms with Crippen LogP contribution in [0.2, 0.25) is 0 Å². The molecule has 1 fully saturated rings. The Morgan fingerprint density at radius 1 is 1.11 bits per heavy atom. The Hall–Kier alpha value is -2.58. The van der Waals surface area contributed by atoms with Crippen molar-refractivity contribution < 1.29 is 8.42 Å². The van der Waals surface area contributed by atoms with Crippen molar-refractivity contribution in [1.82, 2.24) is 14.9 Å². The van der Waals surface area contributed by atoms with E-state index in [4.69, 9.17) is 0 Å². The number of sulfonamides is 1. The van der Waals surface area contributed by atoms with Crippen LogP contribution in [-0.4, -0.2) is 55.2 Å². The van der Waals surface area contributed by atoms with Gasteiger partial charge in [-0.2, -0.15) is 0 Å². The lowest BCUT2D eigenvalue weighted by Crippen LogP contribution is -2.45. The van der Waals surface area contributed by atoms with Crippen LogP contribution >= 0.6 is 0 Å². The molecule has 3 heterocycles. The van der Waals surface area contributed by atoms with Crippen LogP contribution in [0.25, 0.3) is 11.0 Å². The fraction of sp³-hybridized carbons (Fsp3) is 0.350. The minimum atomic E-state index is -3.24. The van der Waals surface area contributed by atoms with E-state index in [1.807, 2.05) is 30.3 Å². The second kappa shape index (κ2) is 7.81. The summed E-state index contributed by atoms with van der Waals surface area (Å²) in [4.78, 5) is 12.4. The van der Waals surface area contributed by atoms with Gasteiger partial charge in [-0.3, -0.25) is 9.62 Å². The summed E-state index contributed by atoms with van der Waals surface area (Å²) >= 11 is 0. The van der Waals surface area contributed by atoms with E-state index < -0.39 is 10.0 Å². The molecule has 1 aliphatic rings. The van der Waals surface area contributed by atoms with Crippen LogP contribution in [0.3, 0.4) is 0 Å². The Kier molecular flexibility index (Phi) is 5.23. The van der Waals surface area contributed by atoms with E-state index >= 15 is 0 Å². The number of hydrogen-bond acceptors (Lipinski definition) is 5. The summed E-state index contributed by atoms with van der Waals surface area (Å²) in [6.45, 7) is 6.40. The number of H-pyrrole nitrogens is 1. The number of rotatable bonds is 6. The molecular weight excluding hydrogens is 374 g/mol. The summed E-state index contributed by atoms with van der Waals surface area (Å²) in [6, 6.07) is 11.7. The molecule has 148 valence electrons. The molecule has 0 aliphatic carbocycles. The predicted octanol–water partition coefficient (Wildman–Crippen LogP) is 2.65. The minimum absolute atomic E-state index is 0.0726. The first-order chi connectivity index (χ1) is 13.5. The zero-order valence-corrected chi connectivity index (χ0v) is 16.7. The molecule has 0 bridgehead atoms. The van der Waals surface area contributed by atoms with Gasteiger partial charge in [0.1, 0.15) is 5.65 Å². The molecule has 0 saturated carbocycles. The number of fused-ring (bicyclic) bond motifs is 1. The fourth-order valence-electron chi connectivity index (χ4n) is 3.54. The lowest BCUT2D eigenvalue weighted by molar-refractivity contribution is 0.250. The molecule has 2 N–H and O–H groups in total. The van der Waals surface area contributed by atoms with Gasteiger partial charge in [0.15, 0.2) is 0 Å². The van der Waals surface area contributed by atoms with Crippen molar-refractivity contribution >= 4 is 32.4 Å². The van der Waals surface area contributed by atoms with Crippen molar-refractivity contribution in [3.63, 3.8) is 0 Å². The molecule has 0 amide bonds. The Morgan fingerprint density at radius 3 is 2.57 bits per heavy atom. The van der Waals surface area contributed by atoms with Crippen molar-refractivity contribution in [2.45, 2.75) is 13.5 Å². The van der Waals surface area contributed by atoms with Crippen molar-refractivity contribution in [3.05, 3.63) is 54.4 Å². The number of hydrogen-bond donors (Lipinski definition) is 2. The second-order valence-electron chi connectivity index (χ2n) is 7.03. The molecule has 2 aromatic heterocycles. The Balaban J connectivity index is 1.35. The molecule has 1 aromatic carbocycles. The highest BCUT2D eigenvalue weighted by Gasteiger charge is 2.18. The molecule has 28 heavy (non-hydrogen) atoms. The van der Waals surface area contributed by atoms with Crippen LogP contribution in [0.5, 0.6) is 0 Å². The van der Waals surface area contributed by atoms with E-state index in [-0.39, 0.29) is 5.75 Å². The van der Waals surface area contributed by atoms with Gasteiger partial charge in [0.05, 0.1) is 5.75 Å². The second-order valence-corrected chi connectivity index (χ2v) is 9.04. The Morgan fingerprint density at radius 2 is 1.86 bits per heavy atom. The zero-order chi connectivity index (χ0) is 19.6. The lowest BCUT2D eigenvalue weighted by atomic mass is 10.2. The average molecular weight is 400 g/mol. The normalized spacial score (nSPS) is 15.8. The van der Waals surface area contributed by atoms with E-state index in [0.717, 1.165) is 44.1 Å². The highest BCUT2D eigenvalue weighted by Crippen LogP contribution is 2.22. The standard InChI is InChI=1S/C20H25N5O2S/c1-2-28(26,27)23-17-5-7-18(8-6-17)25-12-10-24(11-13-25)15-16-14-22-20-19(16)4-3-9-21-20/h3-9,14,23H,2,10-13,15H2,1H3,(H,21,22). The van der Waals surface area contributed by atoms with Crippen LogP contribution in [0.1, 0.15) is 12.5 Å². The van der Waals surface area contributed by atoms with Gasteiger partial charge in [-0.15, -0.1) is 0 Å².